The van der Waals surface area contributed by atoms with Gasteiger partial charge < -0.3 is 10.1 Å². The van der Waals surface area contributed by atoms with Crippen LogP contribution in [0.3, 0.4) is 0 Å². The van der Waals surface area contributed by atoms with Gasteiger partial charge >= 0.3 is 0 Å². The van der Waals surface area contributed by atoms with Gasteiger partial charge in [-0.3, -0.25) is 4.72 Å². The van der Waals surface area contributed by atoms with Crippen LogP contribution in [-0.4, -0.2) is 38.9 Å². The Hall–Kier alpha value is -1.34. The van der Waals surface area contributed by atoms with Crippen LogP contribution in [0, 0.1) is 0 Å². The zero-order chi connectivity index (χ0) is 13.0. The number of ether oxygens (including phenoxy) is 1. The van der Waals surface area contributed by atoms with Crippen molar-refractivity contribution in [2.45, 2.75) is 18.1 Å². The van der Waals surface area contributed by atoms with Gasteiger partial charge in [0.1, 0.15) is 0 Å². The van der Waals surface area contributed by atoms with Crippen molar-refractivity contribution in [3.63, 3.8) is 0 Å². The van der Waals surface area contributed by atoms with Crippen molar-refractivity contribution in [2.75, 3.05) is 24.9 Å². The quantitative estimate of drug-likeness (QED) is 0.837. The highest BCUT2D eigenvalue weighted by atomic mass is 32.2. The maximum absolute atomic E-state index is 12.1. The number of nitrogens with zero attached hydrogens (tertiary/aromatic N) is 1. The molecule has 1 aliphatic rings. The van der Waals surface area contributed by atoms with E-state index in [0.29, 0.717) is 24.5 Å². The molecule has 7 heteroatoms. The molecule has 6 nitrogen and oxygen atoms in total. The molecule has 1 saturated heterocycles. The van der Waals surface area contributed by atoms with Crippen molar-refractivity contribution in [3.05, 3.63) is 18.3 Å². The lowest BCUT2D eigenvalue weighted by molar-refractivity contribution is 0.398. The van der Waals surface area contributed by atoms with Crippen LogP contribution in [0.1, 0.15) is 12.8 Å². The largest absolute Gasteiger partial charge is 0.481 e. The summed E-state index contributed by atoms with van der Waals surface area (Å²) in [5.74, 6) is 0.386. The topological polar surface area (TPSA) is 80.3 Å². The molecule has 0 spiro atoms. The highest BCUT2D eigenvalue weighted by Gasteiger charge is 2.27. The van der Waals surface area contributed by atoms with E-state index in [2.05, 4.69) is 15.0 Å². The molecule has 1 fully saturated rings. The minimum atomic E-state index is -3.36. The van der Waals surface area contributed by atoms with Crippen LogP contribution >= 0.6 is 0 Å². The molecule has 0 aliphatic carbocycles. The van der Waals surface area contributed by atoms with E-state index in [1.165, 1.54) is 13.3 Å². The van der Waals surface area contributed by atoms with Gasteiger partial charge in [0.2, 0.25) is 15.9 Å². The zero-order valence-electron chi connectivity index (χ0n) is 10.2. The maximum atomic E-state index is 12.1. The van der Waals surface area contributed by atoms with Crippen molar-refractivity contribution in [1.82, 2.24) is 10.3 Å². The molecule has 1 aromatic rings. The normalized spacial score (nSPS) is 20.4. The molecule has 0 bridgehead atoms. The SMILES string of the molecule is COc1cc(NS(=O)(=O)C2CCCNC2)ccn1. The summed E-state index contributed by atoms with van der Waals surface area (Å²) >= 11 is 0. The molecule has 1 aromatic heterocycles. The van der Waals surface area contributed by atoms with Gasteiger partial charge in [-0.05, 0) is 25.5 Å². The van der Waals surface area contributed by atoms with Gasteiger partial charge in [0.05, 0.1) is 18.0 Å². The molecular formula is C11H17N3O3S. The Labute approximate surface area is 107 Å². The molecule has 0 saturated carbocycles. The Balaban J connectivity index is 2.11. The third kappa shape index (κ3) is 3.11. The smallest absolute Gasteiger partial charge is 0.236 e. The van der Waals surface area contributed by atoms with E-state index >= 15 is 0 Å². The maximum Gasteiger partial charge on any atom is 0.236 e. The summed E-state index contributed by atoms with van der Waals surface area (Å²) in [5.41, 5.74) is 0.479. The summed E-state index contributed by atoms with van der Waals surface area (Å²) in [6, 6.07) is 3.17. The Kier molecular flexibility index (Phi) is 4.03. The highest BCUT2D eigenvalue weighted by molar-refractivity contribution is 7.93. The molecule has 2 rings (SSSR count). The summed E-state index contributed by atoms with van der Waals surface area (Å²) in [7, 11) is -1.87. The lowest BCUT2D eigenvalue weighted by atomic mass is 10.2. The van der Waals surface area contributed by atoms with Crippen LogP contribution in [0.4, 0.5) is 5.69 Å². The molecule has 1 unspecified atom stereocenters. The van der Waals surface area contributed by atoms with Crippen molar-refractivity contribution in [3.8, 4) is 5.88 Å². The summed E-state index contributed by atoms with van der Waals surface area (Å²) in [4.78, 5) is 3.93. The zero-order valence-corrected chi connectivity index (χ0v) is 11.0. The first-order valence-electron chi connectivity index (χ1n) is 5.84. The van der Waals surface area contributed by atoms with Gasteiger partial charge in [0.15, 0.2) is 0 Å². The minimum absolute atomic E-state index is 0.384. The van der Waals surface area contributed by atoms with E-state index in [1.807, 2.05) is 0 Å². The third-order valence-corrected chi connectivity index (χ3v) is 4.69. The molecule has 0 radical (unpaired) electrons. The number of rotatable bonds is 4. The van der Waals surface area contributed by atoms with Gasteiger partial charge in [-0.25, -0.2) is 13.4 Å². The van der Waals surface area contributed by atoms with E-state index in [0.717, 1.165) is 13.0 Å². The summed E-state index contributed by atoms with van der Waals surface area (Å²) < 4.78 is 31.8. The lowest BCUT2D eigenvalue weighted by Gasteiger charge is -2.23. The molecule has 1 atom stereocenters. The number of hydrogen-bond donors (Lipinski definition) is 2. The number of aromatic nitrogens is 1. The Morgan fingerprint density at radius 1 is 1.56 bits per heavy atom. The molecular weight excluding hydrogens is 254 g/mol. The number of piperidine rings is 1. The van der Waals surface area contributed by atoms with Gasteiger partial charge in [0.25, 0.3) is 0 Å². The molecule has 0 amide bonds. The molecule has 0 aromatic carbocycles. The van der Waals surface area contributed by atoms with Crippen LogP contribution in [-0.2, 0) is 10.0 Å². The number of pyridine rings is 1. The number of sulfonamides is 1. The van der Waals surface area contributed by atoms with Crippen LogP contribution in [0.2, 0.25) is 0 Å². The fraction of sp³-hybridized carbons (Fsp3) is 0.545. The molecule has 1 aliphatic heterocycles. The third-order valence-electron chi connectivity index (χ3n) is 2.89. The Morgan fingerprint density at radius 2 is 2.39 bits per heavy atom. The second-order valence-corrected chi connectivity index (χ2v) is 6.16. The van der Waals surface area contributed by atoms with E-state index < -0.39 is 10.0 Å². The van der Waals surface area contributed by atoms with Crippen molar-refractivity contribution in [1.29, 1.82) is 0 Å². The number of nitrogens with one attached hydrogen (secondary N) is 2. The Bertz CT molecular complexity index is 498. The fourth-order valence-corrected chi connectivity index (χ4v) is 3.35. The Morgan fingerprint density at radius 3 is 3.06 bits per heavy atom. The van der Waals surface area contributed by atoms with E-state index in [-0.39, 0.29) is 5.25 Å². The van der Waals surface area contributed by atoms with E-state index in [4.69, 9.17) is 4.74 Å². The number of hydrogen-bond acceptors (Lipinski definition) is 5. The molecule has 18 heavy (non-hydrogen) atoms. The van der Waals surface area contributed by atoms with Crippen molar-refractivity contribution >= 4 is 15.7 Å². The first-order valence-corrected chi connectivity index (χ1v) is 7.39. The first-order chi connectivity index (χ1) is 8.62. The highest BCUT2D eigenvalue weighted by Crippen LogP contribution is 2.18. The number of methoxy groups -OCH3 is 1. The average molecular weight is 271 g/mol. The summed E-state index contributed by atoms with van der Waals surface area (Å²) in [6.07, 6.45) is 3.08. The second-order valence-electron chi connectivity index (χ2n) is 4.20. The minimum Gasteiger partial charge on any atom is -0.481 e. The van der Waals surface area contributed by atoms with Crippen LogP contribution in [0.15, 0.2) is 18.3 Å². The van der Waals surface area contributed by atoms with E-state index in [9.17, 15) is 8.42 Å². The summed E-state index contributed by atoms with van der Waals surface area (Å²) in [6.45, 7) is 1.38. The second kappa shape index (κ2) is 5.53. The summed E-state index contributed by atoms with van der Waals surface area (Å²) in [5, 5.41) is 2.71. The number of anilines is 1. The van der Waals surface area contributed by atoms with Crippen molar-refractivity contribution < 1.29 is 13.2 Å². The van der Waals surface area contributed by atoms with Gasteiger partial charge in [0, 0.05) is 18.8 Å². The van der Waals surface area contributed by atoms with Crippen LogP contribution in [0.5, 0.6) is 5.88 Å². The fourth-order valence-electron chi connectivity index (χ4n) is 1.92. The molecule has 2 N–H and O–H groups in total. The van der Waals surface area contributed by atoms with E-state index in [1.54, 1.807) is 12.1 Å². The standard InChI is InChI=1S/C11H17N3O3S/c1-17-11-7-9(4-6-13-11)14-18(15,16)10-3-2-5-12-8-10/h4,6-7,10,12H,2-3,5,8H2,1H3,(H,13,14). The lowest BCUT2D eigenvalue weighted by Crippen LogP contribution is -2.41. The molecule has 100 valence electrons. The monoisotopic (exact) mass is 271 g/mol. The predicted molar refractivity (Wildman–Crippen MR) is 69.2 cm³/mol. The first kappa shape index (κ1) is 13.1. The molecule has 2 heterocycles. The van der Waals surface area contributed by atoms with Crippen LogP contribution in [0.25, 0.3) is 0 Å². The van der Waals surface area contributed by atoms with Gasteiger partial charge in [-0.2, -0.15) is 0 Å². The predicted octanol–water partition coefficient (Wildman–Crippen LogP) is 0.584. The van der Waals surface area contributed by atoms with Gasteiger partial charge in [-0.15, -0.1) is 0 Å². The van der Waals surface area contributed by atoms with Crippen LogP contribution < -0.4 is 14.8 Å². The van der Waals surface area contributed by atoms with Gasteiger partial charge in [-0.1, -0.05) is 0 Å². The van der Waals surface area contributed by atoms with Crippen molar-refractivity contribution in [2.24, 2.45) is 0 Å². The average Bonchev–Trinajstić information content (AvgIpc) is 2.39.